The number of benzene rings is 2. The van der Waals surface area contributed by atoms with Crippen molar-refractivity contribution < 1.29 is 0 Å². The second kappa shape index (κ2) is 5.41. The molecule has 2 aromatic rings. The molecule has 0 atom stereocenters. The zero-order valence-corrected chi connectivity index (χ0v) is 9.09. The predicted molar refractivity (Wildman–Crippen MR) is 67.8 cm³/mol. The molecule has 0 unspecified atom stereocenters. The Bertz CT molecular complexity index is 553. The summed E-state index contributed by atoms with van der Waals surface area (Å²) in [5, 5.41) is 12.7. The summed E-state index contributed by atoms with van der Waals surface area (Å²) in [5.41, 5.74) is 5.10. The topological polar surface area (TPSA) is 48.2 Å². The van der Waals surface area contributed by atoms with Crippen LogP contribution in [0.25, 0.3) is 0 Å². The van der Waals surface area contributed by atoms with Gasteiger partial charge in [-0.2, -0.15) is 5.26 Å². The first kappa shape index (κ1) is 10.8. The molecule has 3 nitrogen and oxygen atoms in total. The summed E-state index contributed by atoms with van der Waals surface area (Å²) in [5.74, 6) is 0. The van der Waals surface area contributed by atoms with Gasteiger partial charge in [0.25, 0.3) is 0 Å². The molecule has 0 radical (unpaired) electrons. The lowest BCUT2D eigenvalue weighted by Crippen LogP contribution is -1.90. The summed E-state index contributed by atoms with van der Waals surface area (Å²) in [6.45, 7) is 0. The molecule has 0 amide bonds. The van der Waals surface area contributed by atoms with Crippen molar-refractivity contribution in [3.63, 3.8) is 0 Å². The van der Waals surface area contributed by atoms with Gasteiger partial charge in [-0.05, 0) is 36.4 Å². The zero-order chi connectivity index (χ0) is 11.9. The minimum Gasteiger partial charge on any atom is -0.257 e. The Morgan fingerprint density at radius 2 is 1.88 bits per heavy atom. The molecule has 0 aliphatic carbocycles. The van der Waals surface area contributed by atoms with Crippen molar-refractivity contribution in [1.82, 2.24) is 0 Å². The van der Waals surface area contributed by atoms with Gasteiger partial charge in [-0.15, -0.1) is 0 Å². The third-order valence-corrected chi connectivity index (χ3v) is 2.14. The van der Waals surface area contributed by atoms with E-state index in [0.29, 0.717) is 5.56 Å². The van der Waals surface area contributed by atoms with Crippen molar-refractivity contribution >= 4 is 11.9 Å². The molecule has 0 bridgehead atoms. The molecule has 17 heavy (non-hydrogen) atoms. The number of nitrogens with zero attached hydrogens (tertiary/aromatic N) is 2. The molecular formula is C14H10N3+. The predicted octanol–water partition coefficient (Wildman–Crippen LogP) is 2.88. The molecule has 0 aliphatic rings. The summed E-state index contributed by atoms with van der Waals surface area (Å²) in [6.07, 6.45) is 2.86. The van der Waals surface area contributed by atoms with E-state index in [9.17, 15) is 0 Å². The molecule has 80 valence electrons. The summed E-state index contributed by atoms with van der Waals surface area (Å²) >= 11 is 0. The molecule has 2 rings (SSSR count). The van der Waals surface area contributed by atoms with Crippen LogP contribution in [0.3, 0.4) is 0 Å². The lowest BCUT2D eigenvalue weighted by atomic mass is 10.2. The molecule has 2 aromatic carbocycles. The van der Waals surface area contributed by atoms with Gasteiger partial charge in [0, 0.05) is 0 Å². The van der Waals surface area contributed by atoms with Crippen LogP contribution in [-0.2, 0) is 0 Å². The maximum Gasteiger partial charge on any atom is 0.211 e. The fraction of sp³-hybridized carbons (Fsp3) is 0. The largest absolute Gasteiger partial charge is 0.257 e. The molecule has 0 spiro atoms. The Balaban J connectivity index is 2.03. The minimum absolute atomic E-state index is 0.602. The van der Waals surface area contributed by atoms with E-state index in [2.05, 4.69) is 22.8 Å². The van der Waals surface area contributed by atoms with E-state index < -0.39 is 0 Å². The quantitative estimate of drug-likeness (QED) is 0.491. The zero-order valence-electron chi connectivity index (χ0n) is 9.09. The average Bonchev–Trinajstić information content (AvgIpc) is 2.40. The van der Waals surface area contributed by atoms with Crippen LogP contribution in [0, 0.1) is 11.3 Å². The SMILES string of the molecule is N#Cc1cccc(NN=[C+]c2ccccc2)c1. The second-order valence-corrected chi connectivity index (χ2v) is 3.39. The van der Waals surface area contributed by atoms with Crippen LogP contribution in [-0.4, -0.2) is 6.21 Å². The van der Waals surface area contributed by atoms with Gasteiger partial charge < -0.3 is 0 Å². The summed E-state index contributed by atoms with van der Waals surface area (Å²) < 4.78 is 0. The normalized spacial score (nSPS) is 9.59. The number of hydrogen-bond donors (Lipinski definition) is 1. The van der Waals surface area contributed by atoms with E-state index in [4.69, 9.17) is 5.26 Å². The van der Waals surface area contributed by atoms with Crippen LogP contribution in [0.5, 0.6) is 0 Å². The highest BCUT2D eigenvalue weighted by Crippen LogP contribution is 2.09. The Kier molecular flexibility index (Phi) is 3.44. The van der Waals surface area contributed by atoms with Crippen molar-refractivity contribution in [2.24, 2.45) is 5.10 Å². The molecule has 0 saturated heterocycles. The molecule has 1 N–H and O–H groups in total. The van der Waals surface area contributed by atoms with E-state index >= 15 is 0 Å². The van der Waals surface area contributed by atoms with Crippen LogP contribution >= 0.6 is 0 Å². The molecule has 3 heteroatoms. The molecule has 0 aliphatic heterocycles. The van der Waals surface area contributed by atoms with Crippen molar-refractivity contribution in [2.75, 3.05) is 5.43 Å². The lowest BCUT2D eigenvalue weighted by molar-refractivity contribution is 1.34. The molecular weight excluding hydrogens is 210 g/mol. The molecule has 0 heterocycles. The van der Waals surface area contributed by atoms with E-state index in [1.165, 1.54) is 0 Å². The average molecular weight is 220 g/mol. The van der Waals surface area contributed by atoms with Gasteiger partial charge in [0.2, 0.25) is 5.56 Å². The van der Waals surface area contributed by atoms with Crippen molar-refractivity contribution in [3.8, 4) is 6.07 Å². The Labute approximate surface area is 100 Å². The third kappa shape index (κ3) is 3.13. The van der Waals surface area contributed by atoms with E-state index in [-0.39, 0.29) is 0 Å². The first-order chi connectivity index (χ1) is 8.38. The van der Waals surface area contributed by atoms with Gasteiger partial charge in [-0.1, -0.05) is 11.2 Å². The van der Waals surface area contributed by atoms with E-state index in [1.54, 1.807) is 18.2 Å². The maximum atomic E-state index is 8.74. The van der Waals surface area contributed by atoms with Crippen LogP contribution < -0.4 is 5.43 Å². The first-order valence-corrected chi connectivity index (χ1v) is 5.15. The third-order valence-electron chi connectivity index (χ3n) is 2.14. The molecule has 0 fully saturated rings. The fourth-order valence-corrected chi connectivity index (χ4v) is 1.33. The molecule has 0 saturated carbocycles. The van der Waals surface area contributed by atoms with Crippen LogP contribution in [0.2, 0.25) is 0 Å². The van der Waals surface area contributed by atoms with Gasteiger partial charge in [-0.25, -0.2) is 0 Å². The summed E-state index contributed by atoms with van der Waals surface area (Å²) in [4.78, 5) is 0. The minimum atomic E-state index is 0.602. The Morgan fingerprint density at radius 3 is 2.65 bits per heavy atom. The number of nitrogens with one attached hydrogen (secondary N) is 1. The Morgan fingerprint density at radius 1 is 1.06 bits per heavy atom. The van der Waals surface area contributed by atoms with Crippen molar-refractivity contribution in [1.29, 1.82) is 5.26 Å². The van der Waals surface area contributed by atoms with E-state index in [0.717, 1.165) is 11.3 Å². The lowest BCUT2D eigenvalue weighted by Gasteiger charge is -1.96. The van der Waals surface area contributed by atoms with Gasteiger partial charge in [0.1, 0.15) is 0 Å². The van der Waals surface area contributed by atoms with Crippen LogP contribution in [0.4, 0.5) is 5.69 Å². The summed E-state index contributed by atoms with van der Waals surface area (Å²) in [6, 6.07) is 18.8. The number of hydrazone groups is 1. The monoisotopic (exact) mass is 220 g/mol. The molecule has 0 aromatic heterocycles. The highest BCUT2D eigenvalue weighted by Gasteiger charge is 1.97. The number of hydrogen-bond acceptors (Lipinski definition) is 3. The van der Waals surface area contributed by atoms with Gasteiger partial charge >= 0.3 is 0 Å². The van der Waals surface area contributed by atoms with Gasteiger partial charge in [0.05, 0.1) is 29.5 Å². The number of nitriles is 1. The van der Waals surface area contributed by atoms with Gasteiger partial charge in [-0.3, -0.25) is 5.43 Å². The highest BCUT2D eigenvalue weighted by molar-refractivity contribution is 5.80. The number of rotatable bonds is 3. The van der Waals surface area contributed by atoms with Crippen molar-refractivity contribution in [3.05, 3.63) is 65.7 Å². The van der Waals surface area contributed by atoms with Crippen LogP contribution in [0.15, 0.2) is 59.7 Å². The van der Waals surface area contributed by atoms with E-state index in [1.807, 2.05) is 36.4 Å². The summed E-state index contributed by atoms with van der Waals surface area (Å²) in [7, 11) is 0. The number of anilines is 1. The maximum absolute atomic E-state index is 8.74. The second-order valence-electron chi connectivity index (χ2n) is 3.39. The first-order valence-electron chi connectivity index (χ1n) is 5.15. The smallest absolute Gasteiger partial charge is 0.211 e. The highest BCUT2D eigenvalue weighted by atomic mass is 15.3. The standard InChI is InChI=1S/C14H10N3/c15-10-13-7-4-8-14(9-13)17-16-11-12-5-2-1-3-6-12/h1-9,17H/q+1. The van der Waals surface area contributed by atoms with Crippen LogP contribution in [0.1, 0.15) is 11.1 Å². The fourth-order valence-electron chi connectivity index (χ4n) is 1.33. The Hall–Kier alpha value is -2.69. The van der Waals surface area contributed by atoms with Gasteiger partial charge in [0.15, 0.2) is 6.21 Å². The van der Waals surface area contributed by atoms with Crippen molar-refractivity contribution in [2.45, 2.75) is 0 Å².